The second-order valence-electron chi connectivity index (χ2n) is 6.18. The molecule has 0 bridgehead atoms. The fourth-order valence-corrected chi connectivity index (χ4v) is 4.55. The Morgan fingerprint density at radius 3 is 2.54 bits per heavy atom. The van der Waals surface area contributed by atoms with Crippen LogP contribution < -0.4 is 9.62 Å². The predicted molar refractivity (Wildman–Crippen MR) is 95.9 cm³/mol. The van der Waals surface area contributed by atoms with Gasteiger partial charge >= 0.3 is 0 Å². The van der Waals surface area contributed by atoms with E-state index < -0.39 is 27.6 Å². The van der Waals surface area contributed by atoms with Crippen LogP contribution in [0.1, 0.15) is 28.8 Å². The molecule has 1 saturated heterocycles. The lowest BCUT2D eigenvalue weighted by molar-refractivity contribution is 0.102. The molecule has 1 aliphatic heterocycles. The van der Waals surface area contributed by atoms with Crippen LogP contribution in [0.4, 0.5) is 20.2 Å². The Bertz CT molecular complexity index is 961. The van der Waals surface area contributed by atoms with Crippen molar-refractivity contribution in [2.75, 3.05) is 21.9 Å². The molecule has 8 heteroatoms. The van der Waals surface area contributed by atoms with Gasteiger partial charge in [-0.05, 0) is 55.7 Å². The molecule has 1 N–H and O–H groups in total. The smallest absolute Gasteiger partial charge is 0.255 e. The summed E-state index contributed by atoms with van der Waals surface area (Å²) in [7, 11) is -3.38. The molecule has 0 spiro atoms. The maximum atomic E-state index is 13.3. The zero-order valence-electron chi connectivity index (χ0n) is 14.1. The predicted octanol–water partition coefficient (Wildman–Crippen LogP) is 3.46. The van der Waals surface area contributed by atoms with Gasteiger partial charge in [0.1, 0.15) is 0 Å². The molecule has 0 saturated carbocycles. The van der Waals surface area contributed by atoms with E-state index in [-0.39, 0.29) is 11.3 Å². The van der Waals surface area contributed by atoms with Gasteiger partial charge in [0.25, 0.3) is 5.91 Å². The highest BCUT2D eigenvalue weighted by atomic mass is 32.2. The normalized spacial score (nSPS) is 16.3. The number of amides is 1. The minimum atomic E-state index is -3.38. The van der Waals surface area contributed by atoms with Crippen LogP contribution >= 0.6 is 0 Å². The number of sulfonamides is 1. The molecule has 1 amide bonds. The summed E-state index contributed by atoms with van der Waals surface area (Å²) in [6, 6.07) is 7.79. The van der Waals surface area contributed by atoms with E-state index in [1.807, 2.05) is 0 Å². The SMILES string of the molecule is Cc1ccc(NC(=O)c2ccc(F)c(F)c2)cc1N1CCCCS1(=O)=O. The summed E-state index contributed by atoms with van der Waals surface area (Å²) in [5, 5.41) is 2.59. The molecular formula is C18H18F2N2O3S. The van der Waals surface area contributed by atoms with E-state index in [1.165, 1.54) is 10.4 Å². The molecule has 0 aliphatic carbocycles. The van der Waals surface area contributed by atoms with Gasteiger partial charge in [-0.15, -0.1) is 0 Å². The molecule has 2 aromatic rings. The average Bonchev–Trinajstić information content (AvgIpc) is 2.59. The first-order valence-electron chi connectivity index (χ1n) is 8.15. The van der Waals surface area contributed by atoms with Crippen molar-refractivity contribution in [2.24, 2.45) is 0 Å². The van der Waals surface area contributed by atoms with Crippen molar-refractivity contribution >= 4 is 27.3 Å². The van der Waals surface area contributed by atoms with Crippen LogP contribution in [0.15, 0.2) is 36.4 Å². The second-order valence-corrected chi connectivity index (χ2v) is 8.19. The number of hydrogen-bond donors (Lipinski definition) is 1. The lowest BCUT2D eigenvalue weighted by Crippen LogP contribution is -2.38. The van der Waals surface area contributed by atoms with Gasteiger partial charge in [-0.25, -0.2) is 17.2 Å². The van der Waals surface area contributed by atoms with Gasteiger partial charge in [0.2, 0.25) is 10.0 Å². The van der Waals surface area contributed by atoms with E-state index in [1.54, 1.807) is 25.1 Å². The summed E-state index contributed by atoms with van der Waals surface area (Å²) in [6.07, 6.45) is 1.40. The highest BCUT2D eigenvalue weighted by molar-refractivity contribution is 7.92. The first-order valence-corrected chi connectivity index (χ1v) is 9.76. The van der Waals surface area contributed by atoms with Gasteiger partial charge in [0, 0.05) is 17.8 Å². The summed E-state index contributed by atoms with van der Waals surface area (Å²) in [5.74, 6) is -2.66. The van der Waals surface area contributed by atoms with Crippen LogP contribution in [0.3, 0.4) is 0 Å². The lowest BCUT2D eigenvalue weighted by atomic mass is 10.1. The molecule has 1 fully saturated rings. The molecule has 0 unspecified atom stereocenters. The topological polar surface area (TPSA) is 66.5 Å². The van der Waals surface area contributed by atoms with Gasteiger partial charge < -0.3 is 5.32 Å². The minimum absolute atomic E-state index is 0.0309. The first kappa shape index (κ1) is 18.3. The number of hydrogen-bond acceptors (Lipinski definition) is 3. The van der Waals surface area contributed by atoms with Gasteiger partial charge in [-0.1, -0.05) is 6.07 Å². The lowest BCUT2D eigenvalue weighted by Gasteiger charge is -2.29. The van der Waals surface area contributed by atoms with Crippen LogP contribution in [0, 0.1) is 18.6 Å². The Hall–Kier alpha value is -2.48. The summed E-state index contributed by atoms with van der Waals surface area (Å²) in [4.78, 5) is 12.2. The van der Waals surface area contributed by atoms with Crippen LogP contribution in [-0.2, 0) is 10.0 Å². The Morgan fingerprint density at radius 2 is 1.85 bits per heavy atom. The van der Waals surface area contributed by atoms with E-state index in [2.05, 4.69) is 5.32 Å². The van der Waals surface area contributed by atoms with Crippen molar-refractivity contribution in [3.8, 4) is 0 Å². The number of anilines is 2. The number of nitrogens with one attached hydrogen (secondary N) is 1. The average molecular weight is 380 g/mol. The highest BCUT2D eigenvalue weighted by Crippen LogP contribution is 2.29. The monoisotopic (exact) mass is 380 g/mol. The summed E-state index contributed by atoms with van der Waals surface area (Å²) in [5.41, 5.74) is 1.62. The van der Waals surface area contributed by atoms with Crippen molar-refractivity contribution in [1.82, 2.24) is 0 Å². The summed E-state index contributed by atoms with van der Waals surface area (Å²) >= 11 is 0. The molecule has 0 radical (unpaired) electrons. The number of aryl methyl sites for hydroxylation is 1. The Labute approximate surface area is 150 Å². The molecule has 0 aromatic heterocycles. The number of halogens is 2. The molecule has 5 nitrogen and oxygen atoms in total. The van der Waals surface area contributed by atoms with Crippen LogP contribution in [0.2, 0.25) is 0 Å². The maximum Gasteiger partial charge on any atom is 0.255 e. The zero-order chi connectivity index (χ0) is 18.9. The Balaban J connectivity index is 1.87. The molecule has 1 heterocycles. The number of benzene rings is 2. The number of nitrogens with zero attached hydrogens (tertiary/aromatic N) is 1. The number of rotatable bonds is 3. The maximum absolute atomic E-state index is 13.3. The quantitative estimate of drug-likeness (QED) is 0.887. The summed E-state index contributed by atoms with van der Waals surface area (Å²) in [6.45, 7) is 2.18. The third-order valence-corrected chi connectivity index (χ3v) is 6.12. The molecule has 2 aromatic carbocycles. The van der Waals surface area contributed by atoms with Crippen LogP contribution in [0.5, 0.6) is 0 Å². The van der Waals surface area contributed by atoms with Gasteiger partial charge in [0.15, 0.2) is 11.6 Å². The molecule has 138 valence electrons. The van der Waals surface area contributed by atoms with E-state index in [9.17, 15) is 22.0 Å². The van der Waals surface area contributed by atoms with Crippen molar-refractivity contribution in [2.45, 2.75) is 19.8 Å². The molecule has 1 aliphatic rings. The molecule has 3 rings (SSSR count). The fraction of sp³-hybridized carbons (Fsp3) is 0.278. The van der Waals surface area contributed by atoms with Crippen molar-refractivity contribution < 1.29 is 22.0 Å². The third-order valence-electron chi connectivity index (χ3n) is 4.27. The largest absolute Gasteiger partial charge is 0.322 e. The van der Waals surface area contributed by atoms with Crippen LogP contribution in [0.25, 0.3) is 0 Å². The molecule has 0 atom stereocenters. The minimum Gasteiger partial charge on any atom is -0.322 e. The molecular weight excluding hydrogens is 362 g/mol. The van der Waals surface area contributed by atoms with E-state index in [4.69, 9.17) is 0 Å². The Kier molecular flexibility index (Phi) is 4.95. The fourth-order valence-electron chi connectivity index (χ4n) is 2.86. The van der Waals surface area contributed by atoms with E-state index in [0.717, 1.165) is 24.1 Å². The second kappa shape index (κ2) is 7.03. The molecule has 26 heavy (non-hydrogen) atoms. The first-order chi connectivity index (χ1) is 12.3. The van der Waals surface area contributed by atoms with Crippen LogP contribution in [-0.4, -0.2) is 26.6 Å². The summed E-state index contributed by atoms with van der Waals surface area (Å²) < 4.78 is 52.3. The van der Waals surface area contributed by atoms with Gasteiger partial charge in [-0.2, -0.15) is 0 Å². The van der Waals surface area contributed by atoms with E-state index in [0.29, 0.717) is 24.3 Å². The van der Waals surface area contributed by atoms with Gasteiger partial charge in [0.05, 0.1) is 11.4 Å². The van der Waals surface area contributed by atoms with Crippen molar-refractivity contribution in [3.05, 3.63) is 59.2 Å². The van der Waals surface area contributed by atoms with Crippen molar-refractivity contribution in [1.29, 1.82) is 0 Å². The number of carbonyl (C=O) groups excluding carboxylic acids is 1. The number of carbonyl (C=O) groups is 1. The standard InChI is InChI=1S/C18H18F2N2O3S/c1-12-4-6-14(11-17(12)22-8-2-3-9-26(22,24)25)21-18(23)13-5-7-15(19)16(20)10-13/h4-7,10-11H,2-3,8-9H2,1H3,(H,21,23). The Morgan fingerprint density at radius 1 is 1.08 bits per heavy atom. The van der Waals surface area contributed by atoms with Crippen molar-refractivity contribution in [3.63, 3.8) is 0 Å². The zero-order valence-corrected chi connectivity index (χ0v) is 14.9. The van der Waals surface area contributed by atoms with E-state index >= 15 is 0 Å². The highest BCUT2D eigenvalue weighted by Gasteiger charge is 2.27. The van der Waals surface area contributed by atoms with Gasteiger partial charge in [-0.3, -0.25) is 9.10 Å². The third kappa shape index (κ3) is 3.70.